The fraction of sp³-hybridized carbons (Fsp3) is 0.417. The number of anilines is 1. The van der Waals surface area contributed by atoms with Crippen molar-refractivity contribution in [3.8, 4) is 0 Å². The molecule has 8 heteroatoms. The lowest BCUT2D eigenvalue weighted by Gasteiger charge is -2.25. The molecule has 1 N–H and O–H groups in total. The predicted octanol–water partition coefficient (Wildman–Crippen LogP) is 5.76. The summed E-state index contributed by atoms with van der Waals surface area (Å²) in [5, 5.41) is 11.6. The molecule has 1 aliphatic carbocycles. The Morgan fingerprint density at radius 1 is 1.06 bits per heavy atom. The molecule has 4 unspecified atom stereocenters. The summed E-state index contributed by atoms with van der Waals surface area (Å²) in [6, 6.07) is 12.8. The molecular formula is C24H25Cl3N4O. The fourth-order valence-corrected chi connectivity index (χ4v) is 6.06. The number of halogens is 3. The minimum absolute atomic E-state index is 0.0693. The van der Waals surface area contributed by atoms with Crippen LogP contribution in [0.3, 0.4) is 0 Å². The van der Waals surface area contributed by atoms with Crippen molar-refractivity contribution < 1.29 is 4.79 Å². The molecule has 5 nitrogen and oxygen atoms in total. The van der Waals surface area contributed by atoms with E-state index in [-0.39, 0.29) is 18.1 Å². The second-order valence-corrected chi connectivity index (χ2v) is 10.3. The molecule has 2 heterocycles. The van der Waals surface area contributed by atoms with Crippen LogP contribution in [-0.4, -0.2) is 36.3 Å². The van der Waals surface area contributed by atoms with E-state index in [0.29, 0.717) is 44.7 Å². The number of hydrogen-bond acceptors (Lipinski definition) is 4. The Kier molecular flexibility index (Phi) is 6.10. The highest BCUT2D eigenvalue weighted by molar-refractivity contribution is 6.40. The fourth-order valence-electron chi connectivity index (χ4n) is 5.43. The van der Waals surface area contributed by atoms with E-state index in [1.807, 2.05) is 35.3 Å². The first-order valence-electron chi connectivity index (χ1n) is 11.0. The van der Waals surface area contributed by atoms with Crippen molar-refractivity contribution >= 4 is 52.1 Å². The molecule has 168 valence electrons. The van der Waals surface area contributed by atoms with Crippen molar-refractivity contribution in [2.45, 2.75) is 37.9 Å². The largest absolute Gasteiger partial charge is 0.335 e. The lowest BCUT2D eigenvalue weighted by atomic mass is 9.97. The van der Waals surface area contributed by atoms with Crippen molar-refractivity contribution in [1.29, 1.82) is 0 Å². The van der Waals surface area contributed by atoms with Crippen molar-refractivity contribution in [2.75, 3.05) is 18.6 Å². The second-order valence-electron chi connectivity index (χ2n) is 8.97. The molecule has 2 fully saturated rings. The molecule has 0 spiro atoms. The van der Waals surface area contributed by atoms with Gasteiger partial charge in [-0.3, -0.25) is 14.7 Å². The molecule has 2 aromatic carbocycles. The van der Waals surface area contributed by atoms with E-state index < -0.39 is 0 Å². The van der Waals surface area contributed by atoms with Crippen LogP contribution >= 0.6 is 34.8 Å². The highest BCUT2D eigenvalue weighted by Crippen LogP contribution is 2.42. The Labute approximate surface area is 203 Å². The van der Waals surface area contributed by atoms with E-state index in [1.54, 1.807) is 12.1 Å². The minimum Gasteiger partial charge on any atom is -0.335 e. The number of amides is 1. The topological polar surface area (TPSA) is 47.9 Å². The lowest BCUT2D eigenvalue weighted by Crippen LogP contribution is -2.48. The van der Waals surface area contributed by atoms with Crippen LogP contribution in [0.2, 0.25) is 15.1 Å². The number of carbonyl (C=O) groups is 1. The molecule has 1 amide bonds. The van der Waals surface area contributed by atoms with Crippen LogP contribution in [0.5, 0.6) is 0 Å². The van der Waals surface area contributed by atoms with E-state index in [2.05, 4.69) is 17.3 Å². The van der Waals surface area contributed by atoms with E-state index in [9.17, 15) is 4.79 Å². The first-order chi connectivity index (χ1) is 15.4. The average Bonchev–Trinajstić information content (AvgIpc) is 3.45. The molecule has 32 heavy (non-hydrogen) atoms. The molecule has 4 atom stereocenters. The van der Waals surface area contributed by atoms with Gasteiger partial charge in [0.15, 0.2) is 0 Å². The minimum atomic E-state index is -0.160. The number of carbonyl (C=O) groups excluding carboxylic acids is 1. The number of fused-ring (bicyclic) bond motifs is 1. The average molecular weight is 492 g/mol. The maximum absolute atomic E-state index is 13.3. The third-order valence-corrected chi connectivity index (χ3v) is 7.77. The van der Waals surface area contributed by atoms with Gasteiger partial charge in [0.05, 0.1) is 22.9 Å². The first kappa shape index (κ1) is 22.0. The maximum atomic E-state index is 13.3. The maximum Gasteiger partial charge on any atom is 0.268 e. The number of rotatable bonds is 4. The van der Waals surface area contributed by atoms with Crippen LogP contribution in [0, 0.1) is 11.8 Å². The van der Waals surface area contributed by atoms with Crippen LogP contribution < -0.4 is 10.3 Å². The third-order valence-electron chi connectivity index (χ3n) is 6.98. The van der Waals surface area contributed by atoms with Gasteiger partial charge < -0.3 is 5.32 Å². The molecule has 3 aliphatic rings. The monoisotopic (exact) mass is 490 g/mol. The number of nitrogens with one attached hydrogen (secondary N) is 1. The summed E-state index contributed by atoms with van der Waals surface area (Å²) >= 11 is 18.7. The summed E-state index contributed by atoms with van der Waals surface area (Å²) < 4.78 is 0. The summed E-state index contributed by atoms with van der Waals surface area (Å²) in [7, 11) is 2.09. The normalized spacial score (nSPS) is 27.5. The molecule has 0 bridgehead atoms. The van der Waals surface area contributed by atoms with Gasteiger partial charge in [-0.1, -0.05) is 53.4 Å². The molecule has 1 saturated heterocycles. The zero-order valence-electron chi connectivity index (χ0n) is 17.8. The van der Waals surface area contributed by atoms with Crippen LogP contribution in [0.15, 0.2) is 47.6 Å². The molecule has 1 saturated carbocycles. The summed E-state index contributed by atoms with van der Waals surface area (Å²) in [5.41, 5.74) is 2.24. The quantitative estimate of drug-likeness (QED) is 0.592. The summed E-state index contributed by atoms with van der Waals surface area (Å²) in [6.45, 7) is 1.04. The Balaban J connectivity index is 1.43. The van der Waals surface area contributed by atoms with Gasteiger partial charge in [0.1, 0.15) is 5.71 Å². The Hall–Kier alpha value is -1.79. The summed E-state index contributed by atoms with van der Waals surface area (Å²) in [4.78, 5) is 15.6. The smallest absolute Gasteiger partial charge is 0.268 e. The predicted molar refractivity (Wildman–Crippen MR) is 131 cm³/mol. The molecule has 2 aliphatic heterocycles. The van der Waals surface area contributed by atoms with E-state index in [4.69, 9.17) is 39.9 Å². The Morgan fingerprint density at radius 2 is 1.81 bits per heavy atom. The number of hydrogen-bond donors (Lipinski definition) is 1. The van der Waals surface area contributed by atoms with Crippen LogP contribution in [0.1, 0.15) is 37.3 Å². The number of nitrogens with zero attached hydrogens (tertiary/aromatic N) is 3. The Bertz CT molecular complexity index is 1060. The van der Waals surface area contributed by atoms with Crippen LogP contribution in [-0.2, 0) is 4.79 Å². The van der Waals surface area contributed by atoms with Gasteiger partial charge in [0.25, 0.3) is 5.91 Å². The number of benzene rings is 2. The second kappa shape index (κ2) is 8.86. The van der Waals surface area contributed by atoms with Gasteiger partial charge in [-0.2, -0.15) is 5.10 Å². The van der Waals surface area contributed by atoms with Crippen molar-refractivity contribution in [1.82, 2.24) is 10.2 Å². The molecule has 2 aromatic rings. The zero-order chi connectivity index (χ0) is 22.4. The van der Waals surface area contributed by atoms with Crippen molar-refractivity contribution in [3.05, 3.63) is 63.1 Å². The zero-order valence-corrected chi connectivity index (χ0v) is 20.0. The van der Waals surface area contributed by atoms with Gasteiger partial charge in [-0.15, -0.1) is 0 Å². The molecule has 0 aromatic heterocycles. The third kappa shape index (κ3) is 4.12. The van der Waals surface area contributed by atoms with Crippen molar-refractivity contribution in [2.24, 2.45) is 16.9 Å². The number of likely N-dealkylation sites (tertiary alicyclic amines) is 1. The van der Waals surface area contributed by atoms with Gasteiger partial charge in [-0.25, -0.2) is 0 Å². The van der Waals surface area contributed by atoms with E-state index >= 15 is 0 Å². The highest BCUT2D eigenvalue weighted by Gasteiger charge is 2.44. The summed E-state index contributed by atoms with van der Waals surface area (Å²) in [5.74, 6) is 1.10. The van der Waals surface area contributed by atoms with Crippen molar-refractivity contribution in [3.63, 3.8) is 0 Å². The molecule has 0 radical (unpaired) electrons. The highest BCUT2D eigenvalue weighted by atomic mass is 35.5. The van der Waals surface area contributed by atoms with E-state index in [0.717, 1.165) is 12.1 Å². The summed E-state index contributed by atoms with van der Waals surface area (Å²) in [6.07, 6.45) is 4.23. The van der Waals surface area contributed by atoms with Gasteiger partial charge in [0.2, 0.25) is 0 Å². The van der Waals surface area contributed by atoms with Gasteiger partial charge in [-0.05, 0) is 67.6 Å². The Morgan fingerprint density at radius 3 is 2.56 bits per heavy atom. The SMILES string of the molecule is CN1CC2CCCC2C1NC(=O)C1=NN(c2ccc(Cl)cc2Cl)C(c2ccc(Cl)cc2)C1. The lowest BCUT2D eigenvalue weighted by molar-refractivity contribution is -0.116. The van der Waals surface area contributed by atoms with Gasteiger partial charge in [0, 0.05) is 23.0 Å². The number of hydrazone groups is 1. The van der Waals surface area contributed by atoms with Crippen LogP contribution in [0.4, 0.5) is 5.69 Å². The molecular weight excluding hydrogens is 467 g/mol. The van der Waals surface area contributed by atoms with Crippen LogP contribution in [0.25, 0.3) is 0 Å². The van der Waals surface area contributed by atoms with E-state index in [1.165, 1.54) is 19.3 Å². The van der Waals surface area contributed by atoms with Gasteiger partial charge >= 0.3 is 0 Å². The standard InChI is InChI=1S/C24H25Cl3N4O/c1-30-13-15-3-2-4-18(15)23(30)28-24(32)20-12-22(14-5-7-16(25)8-6-14)31(29-20)21-10-9-17(26)11-19(21)27/h5-11,15,18,22-23H,2-4,12-13H2,1H3,(H,28,32). The molecule has 5 rings (SSSR count). The first-order valence-corrected chi connectivity index (χ1v) is 12.1.